The van der Waals surface area contributed by atoms with E-state index in [1.54, 1.807) is 66.7 Å². The van der Waals surface area contributed by atoms with Crippen molar-refractivity contribution in [3.05, 3.63) is 93.6 Å². The molecule has 0 saturated carbocycles. The quantitative estimate of drug-likeness (QED) is 0.279. The molecule has 0 radical (unpaired) electrons. The average Bonchev–Trinajstić information content (AvgIpc) is 2.82. The molecule has 0 saturated heterocycles. The topological polar surface area (TPSA) is 75.0 Å². The zero-order valence-corrected chi connectivity index (χ0v) is 17.9. The molecule has 0 N–H and O–H groups in total. The summed E-state index contributed by atoms with van der Waals surface area (Å²) in [6.07, 6.45) is 0. The summed E-state index contributed by atoms with van der Waals surface area (Å²) in [5.41, 5.74) is 1.36. The first kappa shape index (κ1) is 21.5. The molecule has 0 aliphatic heterocycles. The maximum atomic E-state index is 12.4. The summed E-state index contributed by atoms with van der Waals surface area (Å²) in [7, 11) is 1.33. The molecule has 4 aromatic rings. The summed E-state index contributed by atoms with van der Waals surface area (Å²) in [6, 6.07) is 20.4. The van der Waals surface area contributed by atoms with Crippen molar-refractivity contribution in [2.75, 3.05) is 20.3 Å². The van der Waals surface area contributed by atoms with E-state index in [2.05, 4.69) is 0 Å². The molecule has 6 nitrogen and oxygen atoms in total. The van der Waals surface area contributed by atoms with Crippen molar-refractivity contribution in [2.45, 2.75) is 0 Å². The van der Waals surface area contributed by atoms with Gasteiger partial charge < -0.3 is 18.6 Å². The van der Waals surface area contributed by atoms with Gasteiger partial charge in [-0.15, -0.1) is 0 Å². The fraction of sp³-hybridized carbons (Fsp3) is 0.120. The zero-order valence-electron chi connectivity index (χ0n) is 17.2. The molecule has 0 aliphatic carbocycles. The van der Waals surface area contributed by atoms with Crippen molar-refractivity contribution in [3.63, 3.8) is 0 Å². The molecule has 0 atom stereocenters. The highest BCUT2D eigenvalue weighted by Crippen LogP contribution is 2.28. The highest BCUT2D eigenvalue weighted by molar-refractivity contribution is 6.34. The number of esters is 1. The summed E-state index contributed by atoms with van der Waals surface area (Å²) in [5.74, 6) is 1.20. The van der Waals surface area contributed by atoms with Gasteiger partial charge in [0.15, 0.2) is 11.0 Å². The van der Waals surface area contributed by atoms with Crippen LogP contribution in [0.1, 0.15) is 10.4 Å². The highest BCUT2D eigenvalue weighted by Gasteiger charge is 2.10. The molecule has 0 amide bonds. The number of carbonyl (C=O) groups excluding carboxylic acids is 1. The standard InChI is InChI=1S/C25H19ClO6/c1-29-25(28)17-4-2-5-19(14-17)31-13-12-30-18-10-8-16(9-11-18)23-15-22(27)20-6-3-7-21(26)24(20)32-23/h2-11,14-15H,12-13H2,1H3. The molecule has 1 aromatic heterocycles. The first-order chi connectivity index (χ1) is 15.5. The number of benzene rings is 3. The van der Waals surface area contributed by atoms with Crippen molar-refractivity contribution in [1.29, 1.82) is 0 Å². The molecular weight excluding hydrogens is 432 g/mol. The number of hydrogen-bond acceptors (Lipinski definition) is 6. The SMILES string of the molecule is COC(=O)c1cccc(OCCOc2ccc(-c3cc(=O)c4cccc(Cl)c4o3)cc2)c1. The average molecular weight is 451 g/mol. The number of methoxy groups -OCH3 is 1. The number of fused-ring (bicyclic) bond motifs is 1. The van der Waals surface area contributed by atoms with Crippen LogP contribution in [0.2, 0.25) is 5.02 Å². The van der Waals surface area contributed by atoms with E-state index in [1.807, 2.05) is 0 Å². The highest BCUT2D eigenvalue weighted by atomic mass is 35.5. The minimum Gasteiger partial charge on any atom is -0.490 e. The van der Waals surface area contributed by atoms with Gasteiger partial charge in [0, 0.05) is 11.6 Å². The van der Waals surface area contributed by atoms with Crippen LogP contribution in [0.3, 0.4) is 0 Å². The number of halogens is 1. The number of hydrogen-bond donors (Lipinski definition) is 0. The Morgan fingerprint density at radius 3 is 2.38 bits per heavy atom. The van der Waals surface area contributed by atoms with Gasteiger partial charge in [0.2, 0.25) is 0 Å². The van der Waals surface area contributed by atoms with Gasteiger partial charge in [0.25, 0.3) is 0 Å². The van der Waals surface area contributed by atoms with Crippen molar-refractivity contribution >= 4 is 28.5 Å². The summed E-state index contributed by atoms with van der Waals surface area (Å²) in [5, 5.41) is 0.830. The van der Waals surface area contributed by atoms with Gasteiger partial charge in [0.05, 0.1) is 23.1 Å². The van der Waals surface area contributed by atoms with Crippen LogP contribution < -0.4 is 14.9 Å². The van der Waals surface area contributed by atoms with Gasteiger partial charge in [0.1, 0.15) is 30.5 Å². The van der Waals surface area contributed by atoms with Gasteiger partial charge >= 0.3 is 5.97 Å². The lowest BCUT2D eigenvalue weighted by Gasteiger charge is -2.10. The van der Waals surface area contributed by atoms with Gasteiger partial charge in [-0.25, -0.2) is 4.79 Å². The Kier molecular flexibility index (Phi) is 6.42. The minimum atomic E-state index is -0.420. The van der Waals surface area contributed by atoms with Crippen molar-refractivity contribution in [3.8, 4) is 22.8 Å². The van der Waals surface area contributed by atoms with Gasteiger partial charge in [-0.2, -0.15) is 0 Å². The Balaban J connectivity index is 1.38. The Hall–Kier alpha value is -3.77. The molecule has 0 bridgehead atoms. The van der Waals surface area contributed by atoms with Crippen LogP contribution in [0.4, 0.5) is 0 Å². The fourth-order valence-corrected chi connectivity index (χ4v) is 3.36. The van der Waals surface area contributed by atoms with E-state index < -0.39 is 5.97 Å². The molecule has 3 aromatic carbocycles. The van der Waals surface area contributed by atoms with Crippen LogP contribution in [0.5, 0.6) is 11.5 Å². The largest absolute Gasteiger partial charge is 0.490 e. The molecule has 0 aliphatic rings. The maximum absolute atomic E-state index is 12.4. The predicted octanol–water partition coefficient (Wildman–Crippen LogP) is 5.36. The second kappa shape index (κ2) is 9.58. The third kappa shape index (κ3) is 4.76. The molecule has 0 fully saturated rings. The second-order valence-corrected chi connectivity index (χ2v) is 7.24. The van der Waals surface area contributed by atoms with E-state index in [0.717, 1.165) is 5.56 Å². The second-order valence-electron chi connectivity index (χ2n) is 6.83. The first-order valence-electron chi connectivity index (χ1n) is 9.82. The molecule has 162 valence electrons. The van der Waals surface area contributed by atoms with Crippen LogP contribution in [0.25, 0.3) is 22.3 Å². The van der Waals surface area contributed by atoms with Crippen LogP contribution >= 0.6 is 11.6 Å². The molecule has 32 heavy (non-hydrogen) atoms. The summed E-state index contributed by atoms with van der Waals surface area (Å²) >= 11 is 6.17. The van der Waals surface area contributed by atoms with E-state index in [4.69, 9.17) is 30.2 Å². The van der Waals surface area contributed by atoms with Gasteiger partial charge in [-0.1, -0.05) is 23.7 Å². The van der Waals surface area contributed by atoms with Gasteiger partial charge in [-0.05, 0) is 54.6 Å². The molecule has 0 spiro atoms. The Morgan fingerprint density at radius 2 is 1.62 bits per heavy atom. The van der Waals surface area contributed by atoms with E-state index in [-0.39, 0.29) is 5.43 Å². The molecule has 0 unspecified atom stereocenters. The molecule has 4 rings (SSSR count). The number of para-hydroxylation sites is 1. The van der Waals surface area contributed by atoms with Crippen molar-refractivity contribution in [2.24, 2.45) is 0 Å². The Labute approximate surface area is 188 Å². The van der Waals surface area contributed by atoms with Crippen LogP contribution in [-0.2, 0) is 4.74 Å². The van der Waals surface area contributed by atoms with Crippen molar-refractivity contribution in [1.82, 2.24) is 0 Å². The van der Waals surface area contributed by atoms with Gasteiger partial charge in [-0.3, -0.25) is 4.79 Å². The van der Waals surface area contributed by atoms with Crippen LogP contribution in [-0.4, -0.2) is 26.3 Å². The van der Waals surface area contributed by atoms with E-state index in [9.17, 15) is 9.59 Å². The smallest absolute Gasteiger partial charge is 0.337 e. The van der Waals surface area contributed by atoms with E-state index in [0.29, 0.717) is 52.0 Å². The normalized spacial score (nSPS) is 10.7. The maximum Gasteiger partial charge on any atom is 0.337 e. The van der Waals surface area contributed by atoms with E-state index >= 15 is 0 Å². The summed E-state index contributed by atoms with van der Waals surface area (Å²) < 4.78 is 21.9. The third-order valence-electron chi connectivity index (χ3n) is 4.72. The minimum absolute atomic E-state index is 0.155. The summed E-state index contributed by atoms with van der Waals surface area (Å²) in [4.78, 5) is 24.0. The third-order valence-corrected chi connectivity index (χ3v) is 5.02. The lowest BCUT2D eigenvalue weighted by atomic mass is 10.1. The number of ether oxygens (including phenoxy) is 3. The monoisotopic (exact) mass is 450 g/mol. The Morgan fingerprint density at radius 1 is 0.906 bits per heavy atom. The van der Waals surface area contributed by atoms with Crippen LogP contribution in [0, 0.1) is 0 Å². The molecule has 7 heteroatoms. The lowest BCUT2D eigenvalue weighted by Crippen LogP contribution is -2.09. The number of carbonyl (C=O) groups is 1. The predicted molar refractivity (Wildman–Crippen MR) is 122 cm³/mol. The Bertz CT molecular complexity index is 1310. The van der Waals surface area contributed by atoms with E-state index in [1.165, 1.54) is 13.2 Å². The first-order valence-corrected chi connectivity index (χ1v) is 10.2. The van der Waals surface area contributed by atoms with Crippen LogP contribution in [0.15, 0.2) is 82.0 Å². The number of rotatable bonds is 7. The summed E-state index contributed by atoms with van der Waals surface area (Å²) in [6.45, 7) is 0.604. The zero-order chi connectivity index (χ0) is 22.5. The lowest BCUT2D eigenvalue weighted by molar-refractivity contribution is 0.0600. The molecular formula is C25H19ClO6. The molecule has 1 heterocycles. The fourth-order valence-electron chi connectivity index (χ4n) is 3.15. The van der Waals surface area contributed by atoms with Crippen molar-refractivity contribution < 1.29 is 23.4 Å².